The second-order valence-electron chi connectivity index (χ2n) is 4.74. The summed E-state index contributed by atoms with van der Waals surface area (Å²) in [7, 11) is 0. The van der Waals surface area contributed by atoms with Gasteiger partial charge in [0, 0.05) is 31.5 Å². The summed E-state index contributed by atoms with van der Waals surface area (Å²) in [5.41, 5.74) is 0.735. The summed E-state index contributed by atoms with van der Waals surface area (Å²) in [4.78, 5) is 15.7. The average molecular weight is 311 g/mol. The molecule has 0 spiro atoms. The van der Waals surface area contributed by atoms with Crippen LogP contribution in [-0.4, -0.2) is 21.6 Å². The van der Waals surface area contributed by atoms with E-state index in [2.05, 4.69) is 15.6 Å². The van der Waals surface area contributed by atoms with E-state index in [1.807, 2.05) is 17.7 Å². The van der Waals surface area contributed by atoms with Crippen molar-refractivity contribution in [2.75, 3.05) is 0 Å². The van der Waals surface area contributed by atoms with Crippen LogP contribution in [0.1, 0.15) is 12.5 Å². The molecule has 0 saturated carbocycles. The first-order chi connectivity index (χ1) is 10.0. The Hall–Kier alpha value is -2.08. The van der Waals surface area contributed by atoms with Gasteiger partial charge in [-0.25, -0.2) is 14.2 Å². The number of hydrogen-bond donors (Lipinski definition) is 2. The number of carbonyl (C=O) groups is 1. The summed E-state index contributed by atoms with van der Waals surface area (Å²) in [5.74, 6) is -0.473. The average Bonchev–Trinajstić information content (AvgIpc) is 2.92. The molecule has 1 aromatic heterocycles. The molecule has 0 aliphatic carbocycles. The minimum absolute atomic E-state index is 0.0446. The predicted molar refractivity (Wildman–Crippen MR) is 78.5 cm³/mol. The molecule has 2 aromatic rings. The van der Waals surface area contributed by atoms with Gasteiger partial charge in [0.15, 0.2) is 0 Å². The van der Waals surface area contributed by atoms with E-state index in [1.54, 1.807) is 18.6 Å². The van der Waals surface area contributed by atoms with Crippen molar-refractivity contribution >= 4 is 17.6 Å². The van der Waals surface area contributed by atoms with Crippen molar-refractivity contribution in [2.45, 2.75) is 26.1 Å². The van der Waals surface area contributed by atoms with Gasteiger partial charge in [-0.15, -0.1) is 0 Å². The van der Waals surface area contributed by atoms with E-state index in [0.29, 0.717) is 6.54 Å². The third-order valence-corrected chi connectivity index (χ3v) is 3.15. The fourth-order valence-corrected chi connectivity index (χ4v) is 2.07. The third-order valence-electron chi connectivity index (χ3n) is 2.86. The Labute approximate surface area is 127 Å². The predicted octanol–water partition coefficient (Wildman–Crippen LogP) is 2.56. The summed E-state index contributed by atoms with van der Waals surface area (Å²) in [6, 6.07) is 4.01. The maximum Gasteiger partial charge on any atom is 0.315 e. The number of amides is 2. The molecule has 0 saturated heterocycles. The van der Waals surface area contributed by atoms with Crippen LogP contribution in [0.4, 0.5) is 9.18 Å². The molecule has 1 unspecified atom stereocenters. The monoisotopic (exact) mass is 310 g/mol. The molecular formula is C14H16ClFN4O. The maximum atomic E-state index is 13.0. The molecule has 0 fully saturated rings. The summed E-state index contributed by atoms with van der Waals surface area (Å²) in [6.45, 7) is 2.81. The van der Waals surface area contributed by atoms with Crippen molar-refractivity contribution in [2.24, 2.45) is 0 Å². The van der Waals surface area contributed by atoms with Crippen molar-refractivity contribution in [1.29, 1.82) is 0 Å². The Bertz CT molecular complexity index is 603. The molecule has 2 N–H and O–H groups in total. The molecule has 112 valence electrons. The number of imidazole rings is 1. The summed E-state index contributed by atoms with van der Waals surface area (Å²) in [5, 5.41) is 5.55. The molecule has 0 aliphatic rings. The van der Waals surface area contributed by atoms with Gasteiger partial charge in [0.25, 0.3) is 0 Å². The minimum atomic E-state index is -0.473. The summed E-state index contributed by atoms with van der Waals surface area (Å²) in [6.07, 6.45) is 5.21. The van der Waals surface area contributed by atoms with Crippen LogP contribution >= 0.6 is 11.6 Å². The smallest absolute Gasteiger partial charge is 0.315 e. The fourth-order valence-electron chi connectivity index (χ4n) is 1.86. The van der Waals surface area contributed by atoms with Crippen LogP contribution in [0.2, 0.25) is 5.02 Å². The second-order valence-corrected chi connectivity index (χ2v) is 5.14. The molecule has 1 heterocycles. The molecule has 0 bridgehead atoms. The number of nitrogens with one attached hydrogen (secondary N) is 2. The van der Waals surface area contributed by atoms with Gasteiger partial charge in [-0.2, -0.15) is 0 Å². The zero-order valence-electron chi connectivity index (χ0n) is 11.5. The molecule has 2 amide bonds. The standard InChI is InChI=1S/C14H16ClFN4O/c1-10(8-20-5-4-17-9-20)19-14(21)18-7-11-2-3-13(16)12(15)6-11/h2-6,9-10H,7-8H2,1H3,(H2,18,19,21). The Kier molecular flexibility index (Phi) is 5.16. The van der Waals surface area contributed by atoms with E-state index in [-0.39, 0.29) is 23.6 Å². The van der Waals surface area contributed by atoms with E-state index in [0.717, 1.165) is 5.56 Å². The Morgan fingerprint density at radius 2 is 2.33 bits per heavy atom. The Balaban J connectivity index is 1.77. The number of aromatic nitrogens is 2. The fraction of sp³-hybridized carbons (Fsp3) is 0.286. The first kappa shape index (κ1) is 15.3. The minimum Gasteiger partial charge on any atom is -0.335 e. The number of carbonyl (C=O) groups excluding carboxylic acids is 1. The van der Waals surface area contributed by atoms with Gasteiger partial charge in [0.05, 0.1) is 11.3 Å². The van der Waals surface area contributed by atoms with Crippen molar-refractivity contribution in [3.05, 3.63) is 53.3 Å². The van der Waals surface area contributed by atoms with E-state index < -0.39 is 5.82 Å². The van der Waals surface area contributed by atoms with Crippen molar-refractivity contribution in [3.8, 4) is 0 Å². The van der Waals surface area contributed by atoms with E-state index in [1.165, 1.54) is 12.1 Å². The van der Waals surface area contributed by atoms with Crippen LogP contribution in [0.15, 0.2) is 36.9 Å². The molecular weight excluding hydrogens is 295 g/mol. The normalized spacial score (nSPS) is 12.0. The highest BCUT2D eigenvalue weighted by atomic mass is 35.5. The van der Waals surface area contributed by atoms with Crippen LogP contribution < -0.4 is 10.6 Å². The Morgan fingerprint density at radius 3 is 3.00 bits per heavy atom. The SMILES string of the molecule is CC(Cn1ccnc1)NC(=O)NCc1ccc(F)c(Cl)c1. The van der Waals surface area contributed by atoms with E-state index >= 15 is 0 Å². The highest BCUT2D eigenvalue weighted by Gasteiger charge is 2.08. The number of hydrogen-bond acceptors (Lipinski definition) is 2. The van der Waals surface area contributed by atoms with Gasteiger partial charge in [0.1, 0.15) is 5.82 Å². The van der Waals surface area contributed by atoms with Gasteiger partial charge in [-0.05, 0) is 24.6 Å². The molecule has 0 aliphatic heterocycles. The van der Waals surface area contributed by atoms with Gasteiger partial charge < -0.3 is 15.2 Å². The lowest BCUT2D eigenvalue weighted by Crippen LogP contribution is -2.42. The molecule has 2 rings (SSSR count). The molecule has 1 aromatic carbocycles. The highest BCUT2D eigenvalue weighted by Crippen LogP contribution is 2.15. The van der Waals surface area contributed by atoms with Crippen LogP contribution in [-0.2, 0) is 13.1 Å². The molecule has 21 heavy (non-hydrogen) atoms. The topological polar surface area (TPSA) is 59.0 Å². The lowest BCUT2D eigenvalue weighted by atomic mass is 10.2. The summed E-state index contributed by atoms with van der Waals surface area (Å²) >= 11 is 5.68. The highest BCUT2D eigenvalue weighted by molar-refractivity contribution is 6.30. The number of urea groups is 1. The van der Waals surface area contributed by atoms with Gasteiger partial charge in [-0.1, -0.05) is 17.7 Å². The summed E-state index contributed by atoms with van der Waals surface area (Å²) < 4.78 is 14.9. The molecule has 5 nitrogen and oxygen atoms in total. The first-order valence-corrected chi connectivity index (χ1v) is 6.86. The molecule has 1 atom stereocenters. The van der Waals surface area contributed by atoms with Crippen LogP contribution in [0.3, 0.4) is 0 Å². The quantitative estimate of drug-likeness (QED) is 0.891. The third kappa shape index (κ3) is 4.75. The number of halogens is 2. The van der Waals surface area contributed by atoms with E-state index in [4.69, 9.17) is 11.6 Å². The van der Waals surface area contributed by atoms with Crippen LogP contribution in [0.25, 0.3) is 0 Å². The van der Waals surface area contributed by atoms with Gasteiger partial charge in [0.2, 0.25) is 0 Å². The second kappa shape index (κ2) is 7.08. The van der Waals surface area contributed by atoms with Crippen molar-refractivity contribution in [1.82, 2.24) is 20.2 Å². The number of benzene rings is 1. The van der Waals surface area contributed by atoms with Crippen molar-refractivity contribution in [3.63, 3.8) is 0 Å². The largest absolute Gasteiger partial charge is 0.335 e. The maximum absolute atomic E-state index is 13.0. The Morgan fingerprint density at radius 1 is 1.52 bits per heavy atom. The van der Waals surface area contributed by atoms with Gasteiger partial charge in [-0.3, -0.25) is 0 Å². The zero-order chi connectivity index (χ0) is 15.2. The van der Waals surface area contributed by atoms with Crippen LogP contribution in [0.5, 0.6) is 0 Å². The lowest BCUT2D eigenvalue weighted by molar-refractivity contribution is 0.236. The van der Waals surface area contributed by atoms with E-state index in [9.17, 15) is 9.18 Å². The first-order valence-electron chi connectivity index (χ1n) is 6.48. The number of nitrogens with zero attached hydrogens (tertiary/aromatic N) is 2. The molecule has 0 radical (unpaired) electrons. The number of rotatable bonds is 5. The molecule has 7 heteroatoms. The zero-order valence-corrected chi connectivity index (χ0v) is 12.3. The van der Waals surface area contributed by atoms with Crippen molar-refractivity contribution < 1.29 is 9.18 Å². The van der Waals surface area contributed by atoms with Crippen LogP contribution in [0, 0.1) is 5.82 Å². The lowest BCUT2D eigenvalue weighted by Gasteiger charge is -2.15. The van der Waals surface area contributed by atoms with Gasteiger partial charge >= 0.3 is 6.03 Å².